The Morgan fingerprint density at radius 3 is 2.61 bits per heavy atom. The molecule has 0 unspecified atom stereocenters. The summed E-state index contributed by atoms with van der Waals surface area (Å²) < 4.78 is 5.29. The van der Waals surface area contributed by atoms with Crippen LogP contribution in [-0.4, -0.2) is 39.7 Å². The molecule has 0 bridgehead atoms. The van der Waals surface area contributed by atoms with Crippen molar-refractivity contribution in [2.45, 2.75) is 33.2 Å². The number of nitrogens with zero attached hydrogens (tertiary/aromatic N) is 3. The van der Waals surface area contributed by atoms with Gasteiger partial charge in [-0.15, -0.1) is 0 Å². The van der Waals surface area contributed by atoms with Crippen LogP contribution < -0.4 is 9.64 Å². The van der Waals surface area contributed by atoms with Crippen molar-refractivity contribution in [1.29, 1.82) is 0 Å². The van der Waals surface area contributed by atoms with Crippen LogP contribution in [0.2, 0.25) is 0 Å². The molecule has 0 saturated heterocycles. The van der Waals surface area contributed by atoms with Gasteiger partial charge in [0, 0.05) is 11.6 Å². The lowest BCUT2D eigenvalue weighted by Crippen LogP contribution is -2.45. The first-order valence-electron chi connectivity index (χ1n) is 5.79. The topological polar surface area (TPSA) is 75.5 Å². The lowest BCUT2D eigenvalue weighted by molar-refractivity contribution is -0.135. The minimum Gasteiger partial charge on any atom is -0.480 e. The Balaban J connectivity index is 3.04. The molecule has 100 valence electrons. The summed E-state index contributed by atoms with van der Waals surface area (Å²) in [5, 5.41) is 8.96. The second-order valence-corrected chi connectivity index (χ2v) is 4.80. The molecule has 1 N–H and O–H groups in total. The fraction of sp³-hybridized carbons (Fsp3) is 0.583. The monoisotopic (exact) mass is 253 g/mol. The molecule has 1 heterocycles. The lowest BCUT2D eigenvalue weighted by atomic mass is 10.1. The molecule has 0 aliphatic rings. The average Bonchev–Trinajstić information content (AvgIpc) is 2.25. The number of hydrogen-bond donors (Lipinski definition) is 1. The average molecular weight is 253 g/mol. The van der Waals surface area contributed by atoms with Gasteiger partial charge >= 0.3 is 5.97 Å². The molecule has 1 aromatic heterocycles. The van der Waals surface area contributed by atoms with E-state index in [1.54, 1.807) is 11.0 Å². The lowest BCUT2D eigenvalue weighted by Gasteiger charge is -2.35. The molecule has 0 amide bonds. The first-order chi connectivity index (χ1) is 8.34. The maximum atomic E-state index is 10.9. The number of aromatic nitrogens is 2. The molecule has 1 aromatic rings. The maximum Gasteiger partial charge on any atom is 0.323 e. The van der Waals surface area contributed by atoms with E-state index in [1.807, 2.05) is 27.7 Å². The van der Waals surface area contributed by atoms with Gasteiger partial charge in [0.2, 0.25) is 5.88 Å². The molecule has 0 aromatic carbocycles. The third-order valence-corrected chi connectivity index (χ3v) is 2.30. The van der Waals surface area contributed by atoms with Crippen molar-refractivity contribution in [3.63, 3.8) is 0 Å². The fourth-order valence-corrected chi connectivity index (χ4v) is 1.50. The van der Waals surface area contributed by atoms with E-state index < -0.39 is 5.97 Å². The maximum absolute atomic E-state index is 10.9. The molecular formula is C12H19N3O3. The first kappa shape index (κ1) is 14.2. The van der Waals surface area contributed by atoms with Crippen LogP contribution in [0.4, 0.5) is 5.82 Å². The second kappa shape index (κ2) is 5.66. The Labute approximate surface area is 107 Å². The molecule has 0 aliphatic heterocycles. The number of rotatable bonds is 5. The van der Waals surface area contributed by atoms with Crippen molar-refractivity contribution in [1.82, 2.24) is 9.97 Å². The standard InChI is InChI=1S/C12H19N3O3/c1-5-18-10-6-9(13-8-14-10)15(7-11(16)17)12(2,3)4/h6,8H,5,7H2,1-4H3,(H,16,17). The van der Waals surface area contributed by atoms with E-state index in [0.717, 1.165) is 0 Å². The second-order valence-electron chi connectivity index (χ2n) is 4.80. The number of anilines is 1. The number of aliphatic carboxylic acids is 1. The molecule has 0 radical (unpaired) electrons. The van der Waals surface area contributed by atoms with Crippen molar-refractivity contribution < 1.29 is 14.6 Å². The van der Waals surface area contributed by atoms with E-state index in [1.165, 1.54) is 6.33 Å². The number of carboxylic acid groups (broad SMARTS) is 1. The van der Waals surface area contributed by atoms with Gasteiger partial charge in [-0.2, -0.15) is 0 Å². The third kappa shape index (κ3) is 3.87. The van der Waals surface area contributed by atoms with Gasteiger partial charge in [-0.25, -0.2) is 9.97 Å². The van der Waals surface area contributed by atoms with Crippen LogP contribution in [0.1, 0.15) is 27.7 Å². The molecule has 0 fully saturated rings. The minimum atomic E-state index is -0.901. The van der Waals surface area contributed by atoms with Gasteiger partial charge < -0.3 is 14.7 Å². The largest absolute Gasteiger partial charge is 0.480 e. The van der Waals surface area contributed by atoms with E-state index >= 15 is 0 Å². The van der Waals surface area contributed by atoms with Crippen LogP contribution in [0.3, 0.4) is 0 Å². The SMILES string of the molecule is CCOc1cc(N(CC(=O)O)C(C)(C)C)ncn1. The number of hydrogen-bond acceptors (Lipinski definition) is 5. The Morgan fingerprint density at radius 1 is 1.44 bits per heavy atom. The van der Waals surface area contributed by atoms with Crippen LogP contribution in [0.15, 0.2) is 12.4 Å². The summed E-state index contributed by atoms with van der Waals surface area (Å²) in [5.74, 6) is 0.0898. The molecule has 0 atom stereocenters. The van der Waals surface area contributed by atoms with E-state index in [4.69, 9.17) is 9.84 Å². The van der Waals surface area contributed by atoms with Crippen molar-refractivity contribution in [3.05, 3.63) is 12.4 Å². The van der Waals surface area contributed by atoms with Gasteiger partial charge in [-0.05, 0) is 27.7 Å². The van der Waals surface area contributed by atoms with Crippen LogP contribution >= 0.6 is 0 Å². The van der Waals surface area contributed by atoms with Gasteiger partial charge in [0.1, 0.15) is 18.7 Å². The Hall–Kier alpha value is -1.85. The molecule has 6 nitrogen and oxygen atoms in total. The number of carboxylic acids is 1. The highest BCUT2D eigenvalue weighted by atomic mass is 16.5. The van der Waals surface area contributed by atoms with Crippen molar-refractivity contribution >= 4 is 11.8 Å². The van der Waals surface area contributed by atoms with Gasteiger partial charge in [0.15, 0.2) is 0 Å². The summed E-state index contributed by atoms with van der Waals surface area (Å²) in [7, 11) is 0. The summed E-state index contributed by atoms with van der Waals surface area (Å²) in [6.07, 6.45) is 1.38. The van der Waals surface area contributed by atoms with Crippen molar-refractivity contribution in [2.75, 3.05) is 18.1 Å². The number of ether oxygens (including phenoxy) is 1. The molecule has 0 spiro atoms. The highest BCUT2D eigenvalue weighted by molar-refractivity contribution is 5.73. The van der Waals surface area contributed by atoms with E-state index in [-0.39, 0.29) is 12.1 Å². The van der Waals surface area contributed by atoms with Gasteiger partial charge in [-0.3, -0.25) is 4.79 Å². The molecule has 18 heavy (non-hydrogen) atoms. The Kier molecular flexibility index (Phi) is 4.47. The summed E-state index contributed by atoms with van der Waals surface area (Å²) >= 11 is 0. The molecule has 6 heteroatoms. The third-order valence-electron chi connectivity index (χ3n) is 2.30. The number of carbonyl (C=O) groups is 1. The van der Waals surface area contributed by atoms with Crippen LogP contribution in [-0.2, 0) is 4.79 Å². The van der Waals surface area contributed by atoms with E-state index in [0.29, 0.717) is 18.3 Å². The molecular weight excluding hydrogens is 234 g/mol. The van der Waals surface area contributed by atoms with Crippen LogP contribution in [0.5, 0.6) is 5.88 Å². The Bertz CT molecular complexity index is 415. The fourth-order valence-electron chi connectivity index (χ4n) is 1.50. The van der Waals surface area contributed by atoms with Crippen molar-refractivity contribution in [2.24, 2.45) is 0 Å². The smallest absolute Gasteiger partial charge is 0.323 e. The molecule has 1 rings (SSSR count). The van der Waals surface area contributed by atoms with Crippen LogP contribution in [0.25, 0.3) is 0 Å². The highest BCUT2D eigenvalue weighted by Crippen LogP contribution is 2.23. The minimum absolute atomic E-state index is 0.119. The zero-order chi connectivity index (χ0) is 13.8. The summed E-state index contributed by atoms with van der Waals surface area (Å²) in [4.78, 5) is 20.7. The summed E-state index contributed by atoms with van der Waals surface area (Å²) in [5.41, 5.74) is -0.351. The highest BCUT2D eigenvalue weighted by Gasteiger charge is 2.25. The van der Waals surface area contributed by atoms with Gasteiger partial charge in [0.25, 0.3) is 0 Å². The predicted molar refractivity (Wildman–Crippen MR) is 67.9 cm³/mol. The van der Waals surface area contributed by atoms with E-state index in [9.17, 15) is 4.79 Å². The quantitative estimate of drug-likeness (QED) is 0.858. The normalized spacial score (nSPS) is 11.1. The van der Waals surface area contributed by atoms with Gasteiger partial charge in [0.05, 0.1) is 6.61 Å². The van der Waals surface area contributed by atoms with Crippen molar-refractivity contribution in [3.8, 4) is 5.88 Å². The van der Waals surface area contributed by atoms with Gasteiger partial charge in [-0.1, -0.05) is 0 Å². The summed E-state index contributed by atoms with van der Waals surface area (Å²) in [6, 6.07) is 1.65. The molecule has 0 aliphatic carbocycles. The Morgan fingerprint density at radius 2 is 2.11 bits per heavy atom. The summed E-state index contributed by atoms with van der Waals surface area (Å²) in [6.45, 7) is 8.03. The molecule has 0 saturated carbocycles. The predicted octanol–water partition coefficient (Wildman–Crippen LogP) is 1.56. The zero-order valence-corrected chi connectivity index (χ0v) is 11.2. The van der Waals surface area contributed by atoms with E-state index in [2.05, 4.69) is 9.97 Å². The van der Waals surface area contributed by atoms with Crippen LogP contribution in [0, 0.1) is 0 Å². The zero-order valence-electron chi connectivity index (χ0n) is 11.2. The first-order valence-corrected chi connectivity index (χ1v) is 5.79.